The SMILES string of the molecule is CCNC(=NCC(O)c1cc(OC)cc(OC)c1)NC1CCN(c2ccccc2OC)C1. The minimum absolute atomic E-state index is 0.217. The second-order valence-electron chi connectivity index (χ2n) is 7.63. The second kappa shape index (κ2) is 11.5. The van der Waals surface area contributed by atoms with E-state index in [0.717, 1.165) is 37.5 Å². The molecule has 1 heterocycles. The number of benzene rings is 2. The third-order valence-electron chi connectivity index (χ3n) is 5.48. The summed E-state index contributed by atoms with van der Waals surface area (Å²) in [7, 11) is 4.88. The molecule has 1 aliphatic heterocycles. The Hall–Kier alpha value is -3.13. The van der Waals surface area contributed by atoms with Crippen molar-refractivity contribution in [2.75, 3.05) is 52.4 Å². The number of para-hydroxylation sites is 2. The van der Waals surface area contributed by atoms with Gasteiger partial charge >= 0.3 is 0 Å². The van der Waals surface area contributed by atoms with Crippen LogP contribution in [0.2, 0.25) is 0 Å². The fourth-order valence-corrected chi connectivity index (χ4v) is 3.81. The zero-order valence-corrected chi connectivity index (χ0v) is 19.3. The molecule has 174 valence electrons. The summed E-state index contributed by atoms with van der Waals surface area (Å²) in [6.07, 6.45) is 0.209. The van der Waals surface area contributed by atoms with Crippen LogP contribution in [0.3, 0.4) is 0 Å². The maximum Gasteiger partial charge on any atom is 0.191 e. The summed E-state index contributed by atoms with van der Waals surface area (Å²) in [6, 6.07) is 13.7. The average molecular weight is 443 g/mol. The fraction of sp³-hybridized carbons (Fsp3) is 0.458. The lowest BCUT2D eigenvalue weighted by atomic mass is 10.1. The van der Waals surface area contributed by atoms with Gasteiger partial charge in [-0.3, -0.25) is 4.99 Å². The number of nitrogens with zero attached hydrogens (tertiary/aromatic N) is 2. The molecule has 3 N–H and O–H groups in total. The summed E-state index contributed by atoms with van der Waals surface area (Å²) in [5.41, 5.74) is 1.80. The molecule has 0 amide bonds. The Balaban J connectivity index is 1.64. The summed E-state index contributed by atoms with van der Waals surface area (Å²) in [4.78, 5) is 6.93. The first-order valence-corrected chi connectivity index (χ1v) is 10.9. The van der Waals surface area contributed by atoms with E-state index in [1.54, 1.807) is 39.5 Å². The quantitative estimate of drug-likeness (QED) is 0.406. The number of hydrogen-bond donors (Lipinski definition) is 3. The molecule has 0 radical (unpaired) electrons. The highest BCUT2D eigenvalue weighted by Crippen LogP contribution is 2.30. The highest BCUT2D eigenvalue weighted by atomic mass is 16.5. The lowest BCUT2D eigenvalue weighted by Crippen LogP contribution is -2.44. The fourth-order valence-electron chi connectivity index (χ4n) is 3.81. The molecule has 0 aromatic heterocycles. The zero-order valence-electron chi connectivity index (χ0n) is 19.3. The standard InChI is InChI=1S/C24H34N4O4/c1-5-25-24(26-15-22(29)17-12-19(30-2)14-20(13-17)31-3)27-18-10-11-28(16-18)21-8-6-7-9-23(21)32-4/h6-9,12-14,18,22,29H,5,10-11,15-16H2,1-4H3,(H2,25,26,27). The summed E-state index contributed by atoms with van der Waals surface area (Å²) in [5.74, 6) is 2.84. The van der Waals surface area contributed by atoms with Crippen molar-refractivity contribution in [3.8, 4) is 17.2 Å². The van der Waals surface area contributed by atoms with Crippen LogP contribution in [0.1, 0.15) is 25.0 Å². The summed E-state index contributed by atoms with van der Waals surface area (Å²) in [5, 5.41) is 17.5. The summed E-state index contributed by atoms with van der Waals surface area (Å²) in [6.45, 7) is 4.76. The number of methoxy groups -OCH3 is 3. The number of ether oxygens (including phenoxy) is 3. The lowest BCUT2D eigenvalue weighted by molar-refractivity contribution is 0.186. The first-order valence-electron chi connectivity index (χ1n) is 10.9. The largest absolute Gasteiger partial charge is 0.497 e. The number of aliphatic hydroxyl groups is 1. The third kappa shape index (κ3) is 5.97. The van der Waals surface area contributed by atoms with Crippen LogP contribution < -0.4 is 29.7 Å². The van der Waals surface area contributed by atoms with E-state index in [-0.39, 0.29) is 12.6 Å². The molecule has 0 spiro atoms. The topological polar surface area (TPSA) is 87.6 Å². The zero-order chi connectivity index (χ0) is 22.9. The van der Waals surface area contributed by atoms with E-state index in [4.69, 9.17) is 14.2 Å². The van der Waals surface area contributed by atoms with Crippen LogP contribution in [0.5, 0.6) is 17.2 Å². The van der Waals surface area contributed by atoms with Crippen LogP contribution >= 0.6 is 0 Å². The summed E-state index contributed by atoms with van der Waals surface area (Å²) >= 11 is 0. The molecule has 2 aromatic rings. The molecule has 2 atom stereocenters. The van der Waals surface area contributed by atoms with Gasteiger partial charge in [-0.05, 0) is 43.2 Å². The van der Waals surface area contributed by atoms with Crippen LogP contribution in [0.4, 0.5) is 5.69 Å². The van der Waals surface area contributed by atoms with E-state index < -0.39 is 6.10 Å². The van der Waals surface area contributed by atoms with Crippen LogP contribution in [0, 0.1) is 0 Å². The van der Waals surface area contributed by atoms with Gasteiger partial charge in [0.2, 0.25) is 0 Å². The van der Waals surface area contributed by atoms with Crippen molar-refractivity contribution in [1.29, 1.82) is 0 Å². The van der Waals surface area contributed by atoms with Gasteiger partial charge in [-0.2, -0.15) is 0 Å². The van der Waals surface area contributed by atoms with Crippen molar-refractivity contribution in [3.63, 3.8) is 0 Å². The Labute approximate surface area is 190 Å². The minimum Gasteiger partial charge on any atom is -0.497 e. The molecule has 1 saturated heterocycles. The van der Waals surface area contributed by atoms with E-state index in [2.05, 4.69) is 26.6 Å². The molecule has 8 heteroatoms. The maximum absolute atomic E-state index is 10.7. The minimum atomic E-state index is -0.775. The lowest BCUT2D eigenvalue weighted by Gasteiger charge is -2.22. The smallest absolute Gasteiger partial charge is 0.191 e. The number of aliphatic imine (C=N–C) groups is 1. The molecule has 0 bridgehead atoms. The van der Waals surface area contributed by atoms with Gasteiger partial charge in [0.1, 0.15) is 17.2 Å². The number of nitrogens with one attached hydrogen (secondary N) is 2. The number of rotatable bonds is 9. The van der Waals surface area contributed by atoms with Crippen molar-refractivity contribution in [2.45, 2.75) is 25.5 Å². The van der Waals surface area contributed by atoms with Crippen LogP contribution in [-0.2, 0) is 0 Å². The molecule has 1 aliphatic rings. The first kappa shape index (κ1) is 23.5. The van der Waals surface area contributed by atoms with Gasteiger partial charge in [0, 0.05) is 31.7 Å². The normalized spacial score (nSPS) is 17.1. The molecule has 3 rings (SSSR count). The highest BCUT2D eigenvalue weighted by molar-refractivity contribution is 5.80. The highest BCUT2D eigenvalue weighted by Gasteiger charge is 2.25. The van der Waals surface area contributed by atoms with Gasteiger partial charge < -0.3 is 34.9 Å². The number of aliphatic hydroxyl groups excluding tert-OH is 1. The predicted octanol–water partition coefficient (Wildman–Crippen LogP) is 2.58. The van der Waals surface area contributed by atoms with Crippen LogP contribution in [0.15, 0.2) is 47.5 Å². The van der Waals surface area contributed by atoms with E-state index in [1.165, 1.54) is 0 Å². The average Bonchev–Trinajstić information content (AvgIpc) is 3.30. The first-order chi connectivity index (χ1) is 15.6. The van der Waals surface area contributed by atoms with Crippen LogP contribution in [0.25, 0.3) is 0 Å². The Morgan fingerprint density at radius 2 is 1.84 bits per heavy atom. The van der Waals surface area contributed by atoms with Gasteiger partial charge in [0.25, 0.3) is 0 Å². The third-order valence-corrected chi connectivity index (χ3v) is 5.48. The van der Waals surface area contributed by atoms with Gasteiger partial charge in [-0.25, -0.2) is 0 Å². The molecule has 2 unspecified atom stereocenters. The molecule has 8 nitrogen and oxygen atoms in total. The molecule has 0 saturated carbocycles. The van der Waals surface area contributed by atoms with Crippen molar-refractivity contribution >= 4 is 11.6 Å². The number of guanidine groups is 1. The Kier molecular flexibility index (Phi) is 8.44. The second-order valence-corrected chi connectivity index (χ2v) is 7.63. The van der Waals surface area contributed by atoms with Gasteiger partial charge in [-0.1, -0.05) is 12.1 Å². The number of hydrogen-bond acceptors (Lipinski definition) is 6. The van der Waals surface area contributed by atoms with Crippen molar-refractivity contribution < 1.29 is 19.3 Å². The van der Waals surface area contributed by atoms with E-state index in [1.807, 2.05) is 25.1 Å². The van der Waals surface area contributed by atoms with Gasteiger partial charge in [0.15, 0.2) is 5.96 Å². The van der Waals surface area contributed by atoms with Crippen LogP contribution in [-0.4, -0.2) is 64.6 Å². The van der Waals surface area contributed by atoms with E-state index in [0.29, 0.717) is 23.0 Å². The van der Waals surface area contributed by atoms with Gasteiger partial charge in [-0.15, -0.1) is 0 Å². The molecular formula is C24H34N4O4. The Morgan fingerprint density at radius 3 is 2.50 bits per heavy atom. The monoisotopic (exact) mass is 442 g/mol. The molecule has 1 fully saturated rings. The maximum atomic E-state index is 10.7. The van der Waals surface area contributed by atoms with E-state index in [9.17, 15) is 5.11 Å². The predicted molar refractivity (Wildman–Crippen MR) is 127 cm³/mol. The molecular weight excluding hydrogens is 408 g/mol. The van der Waals surface area contributed by atoms with Gasteiger partial charge in [0.05, 0.1) is 39.7 Å². The van der Waals surface area contributed by atoms with Crippen molar-refractivity contribution in [2.24, 2.45) is 4.99 Å². The Morgan fingerprint density at radius 1 is 1.12 bits per heavy atom. The summed E-state index contributed by atoms with van der Waals surface area (Å²) < 4.78 is 16.1. The Bertz CT molecular complexity index is 883. The molecule has 32 heavy (non-hydrogen) atoms. The molecule has 2 aromatic carbocycles. The van der Waals surface area contributed by atoms with Crippen molar-refractivity contribution in [1.82, 2.24) is 10.6 Å². The number of anilines is 1. The molecule has 0 aliphatic carbocycles. The van der Waals surface area contributed by atoms with Crippen molar-refractivity contribution in [3.05, 3.63) is 48.0 Å². The van der Waals surface area contributed by atoms with E-state index >= 15 is 0 Å².